The van der Waals surface area contributed by atoms with Gasteiger partial charge in [-0.15, -0.1) is 0 Å². The zero-order valence-electron chi connectivity index (χ0n) is 21.3. The molecule has 1 aromatic heterocycles. The van der Waals surface area contributed by atoms with Crippen LogP contribution >= 0.6 is 11.6 Å². The van der Waals surface area contributed by atoms with Crippen LogP contribution in [0.2, 0.25) is 5.28 Å². The van der Waals surface area contributed by atoms with Crippen molar-refractivity contribution in [1.82, 2.24) is 15.0 Å². The van der Waals surface area contributed by atoms with Crippen LogP contribution in [0.4, 0.5) is 23.3 Å². The lowest BCUT2D eigenvalue weighted by Crippen LogP contribution is -2.15. The standard InChI is InChI=1S/C21H18ClN5O13S4/c22-19-25-20(23-11-1-3-12(4-2-11)41(29,30)8-7-40-44(37,38)39)27-21(26-19)24-16-6-5-14-15(18(16)43(34,35)36)9-13(10-17(14)28)42(31,32)33/h1-6,9-10,28H,7-8H2,(H,31,32,33)(H,34,35,36)(H,37,38,39)(H2,23,24,25,26,27). The SMILES string of the molecule is O=S(=O)(O)OCCS(=O)(=O)c1ccc(Nc2nc(Cl)nc(Nc3ccc4c(O)cc(S(=O)(=O)O)cc4c3S(=O)(=O)O)n2)cc1. The van der Waals surface area contributed by atoms with Gasteiger partial charge in [0.15, 0.2) is 9.84 Å². The Morgan fingerprint density at radius 3 is 1.91 bits per heavy atom. The fourth-order valence-electron chi connectivity index (χ4n) is 3.71. The third-order valence-electron chi connectivity index (χ3n) is 5.50. The van der Waals surface area contributed by atoms with Crippen LogP contribution in [0.5, 0.6) is 5.75 Å². The predicted molar refractivity (Wildman–Crippen MR) is 153 cm³/mol. The average molecular weight is 712 g/mol. The van der Waals surface area contributed by atoms with Crippen molar-refractivity contribution in [2.24, 2.45) is 0 Å². The molecule has 0 aliphatic heterocycles. The Kier molecular flexibility index (Phi) is 9.03. The minimum Gasteiger partial charge on any atom is -0.507 e. The maximum atomic E-state index is 12.4. The normalized spacial score (nSPS) is 12.7. The molecule has 23 heteroatoms. The number of phenolic OH excluding ortho intramolecular Hbond substituents is 1. The first-order valence-electron chi connectivity index (χ1n) is 11.4. The lowest BCUT2D eigenvalue weighted by molar-refractivity contribution is 0.284. The van der Waals surface area contributed by atoms with Crippen LogP contribution in [0.1, 0.15) is 0 Å². The number of sulfone groups is 1. The van der Waals surface area contributed by atoms with Crippen LogP contribution in [0.25, 0.3) is 10.8 Å². The van der Waals surface area contributed by atoms with Gasteiger partial charge in [-0.05, 0) is 54.1 Å². The molecule has 4 rings (SSSR count). The first-order valence-corrected chi connectivity index (χ1v) is 17.7. The second-order valence-electron chi connectivity index (χ2n) is 8.52. The van der Waals surface area contributed by atoms with Crippen molar-refractivity contribution in [3.05, 3.63) is 53.8 Å². The highest BCUT2D eigenvalue weighted by Crippen LogP contribution is 2.37. The van der Waals surface area contributed by atoms with Crippen LogP contribution in [0, 0.1) is 0 Å². The number of benzene rings is 3. The molecule has 0 saturated carbocycles. The molecule has 4 aromatic rings. The Labute approximate surface area is 254 Å². The molecule has 0 spiro atoms. The molecule has 0 unspecified atom stereocenters. The monoisotopic (exact) mass is 711 g/mol. The topological polar surface area (TPSA) is 289 Å². The fraction of sp³-hybridized carbons (Fsp3) is 0.0952. The molecule has 0 saturated heterocycles. The average Bonchev–Trinajstić information content (AvgIpc) is 2.86. The van der Waals surface area contributed by atoms with Gasteiger partial charge in [0.2, 0.25) is 17.2 Å². The predicted octanol–water partition coefficient (Wildman–Crippen LogP) is 1.96. The number of anilines is 4. The quantitative estimate of drug-likeness (QED) is 0.121. The van der Waals surface area contributed by atoms with Gasteiger partial charge in [0, 0.05) is 22.5 Å². The lowest BCUT2D eigenvalue weighted by atomic mass is 10.1. The Morgan fingerprint density at radius 1 is 0.727 bits per heavy atom. The Hall–Kier alpha value is -3.74. The molecule has 18 nitrogen and oxygen atoms in total. The molecule has 236 valence electrons. The zero-order valence-corrected chi connectivity index (χ0v) is 25.4. The van der Waals surface area contributed by atoms with Crippen LogP contribution in [0.3, 0.4) is 0 Å². The van der Waals surface area contributed by atoms with Gasteiger partial charge in [0.1, 0.15) is 10.6 Å². The summed E-state index contributed by atoms with van der Waals surface area (Å²) in [6.45, 7) is -0.820. The second-order valence-corrected chi connectivity index (χ2v) is 14.8. The van der Waals surface area contributed by atoms with Gasteiger partial charge in [-0.25, -0.2) is 12.6 Å². The maximum absolute atomic E-state index is 12.4. The van der Waals surface area contributed by atoms with Crippen molar-refractivity contribution < 1.29 is 56.6 Å². The summed E-state index contributed by atoms with van der Waals surface area (Å²) in [5.41, 5.74) is -0.170. The van der Waals surface area contributed by atoms with Gasteiger partial charge in [-0.2, -0.15) is 40.2 Å². The van der Waals surface area contributed by atoms with Gasteiger partial charge >= 0.3 is 10.4 Å². The number of halogens is 1. The molecular formula is C21H18ClN5O13S4. The van der Waals surface area contributed by atoms with Crippen molar-refractivity contribution >= 4 is 86.1 Å². The molecule has 0 amide bonds. The van der Waals surface area contributed by atoms with E-state index < -0.39 is 84.7 Å². The van der Waals surface area contributed by atoms with E-state index in [0.29, 0.717) is 6.07 Å². The number of nitrogens with zero attached hydrogens (tertiary/aromatic N) is 3. The molecule has 0 fully saturated rings. The van der Waals surface area contributed by atoms with Gasteiger partial charge in [0.25, 0.3) is 20.2 Å². The highest BCUT2D eigenvalue weighted by Gasteiger charge is 2.24. The minimum atomic E-state index is -5.13. The number of nitrogens with one attached hydrogen (secondary N) is 2. The fourth-order valence-corrected chi connectivity index (χ4v) is 6.73. The molecule has 0 bridgehead atoms. The molecule has 0 aliphatic carbocycles. The number of phenols is 1. The first kappa shape index (κ1) is 33.2. The van der Waals surface area contributed by atoms with E-state index >= 15 is 0 Å². The van der Waals surface area contributed by atoms with E-state index in [1.54, 1.807) is 0 Å². The van der Waals surface area contributed by atoms with Gasteiger partial charge < -0.3 is 15.7 Å². The maximum Gasteiger partial charge on any atom is 0.397 e. The lowest BCUT2D eigenvalue weighted by Gasteiger charge is -2.14. The highest BCUT2D eigenvalue weighted by molar-refractivity contribution is 7.91. The smallest absolute Gasteiger partial charge is 0.397 e. The van der Waals surface area contributed by atoms with Crippen molar-refractivity contribution in [1.29, 1.82) is 0 Å². The van der Waals surface area contributed by atoms with E-state index in [1.807, 2.05) is 0 Å². The number of fused-ring (bicyclic) bond motifs is 1. The van der Waals surface area contributed by atoms with E-state index in [4.69, 9.17) is 16.2 Å². The van der Waals surface area contributed by atoms with E-state index in [9.17, 15) is 47.9 Å². The third kappa shape index (κ3) is 8.04. The molecule has 0 radical (unpaired) electrons. The highest BCUT2D eigenvalue weighted by atomic mass is 35.5. The third-order valence-corrected chi connectivity index (χ3v) is 9.62. The van der Waals surface area contributed by atoms with Gasteiger partial charge in [-0.1, -0.05) is 0 Å². The Morgan fingerprint density at radius 2 is 1.34 bits per heavy atom. The van der Waals surface area contributed by atoms with E-state index in [2.05, 4.69) is 29.8 Å². The van der Waals surface area contributed by atoms with Crippen LogP contribution in [0.15, 0.2) is 63.2 Å². The molecule has 6 N–H and O–H groups in total. The summed E-state index contributed by atoms with van der Waals surface area (Å²) in [6, 6.07) is 8.60. The minimum absolute atomic E-state index is 0.192. The molecule has 44 heavy (non-hydrogen) atoms. The van der Waals surface area contributed by atoms with Gasteiger partial charge in [0.05, 0.1) is 27.8 Å². The van der Waals surface area contributed by atoms with E-state index in [0.717, 1.165) is 24.3 Å². The van der Waals surface area contributed by atoms with E-state index in [-0.39, 0.29) is 27.9 Å². The summed E-state index contributed by atoms with van der Waals surface area (Å²) in [7, 11) is -18.8. The number of rotatable bonds is 11. The number of aromatic nitrogens is 3. The first-order chi connectivity index (χ1) is 20.2. The summed E-state index contributed by atoms with van der Waals surface area (Å²) in [5.74, 6) is -2.09. The number of hydrogen-bond acceptors (Lipinski definition) is 15. The largest absolute Gasteiger partial charge is 0.507 e. The summed E-state index contributed by atoms with van der Waals surface area (Å²) in [5, 5.41) is 14.3. The summed E-state index contributed by atoms with van der Waals surface area (Å²) < 4.78 is 126. The van der Waals surface area contributed by atoms with Gasteiger partial charge in [-0.3, -0.25) is 13.7 Å². The summed E-state index contributed by atoms with van der Waals surface area (Å²) in [6.07, 6.45) is 0. The zero-order chi connectivity index (χ0) is 32.7. The molecule has 1 heterocycles. The van der Waals surface area contributed by atoms with E-state index in [1.165, 1.54) is 18.2 Å². The van der Waals surface area contributed by atoms with Crippen molar-refractivity contribution in [3.63, 3.8) is 0 Å². The number of aromatic hydroxyl groups is 1. The summed E-state index contributed by atoms with van der Waals surface area (Å²) in [4.78, 5) is 9.74. The van der Waals surface area contributed by atoms with Crippen molar-refractivity contribution in [3.8, 4) is 5.75 Å². The van der Waals surface area contributed by atoms with Crippen LogP contribution in [-0.2, 0) is 44.7 Å². The Bertz CT molecular complexity index is 2210. The molecule has 3 aromatic carbocycles. The number of hydrogen-bond donors (Lipinski definition) is 6. The van der Waals surface area contributed by atoms with Crippen LogP contribution < -0.4 is 10.6 Å². The van der Waals surface area contributed by atoms with Crippen molar-refractivity contribution in [2.75, 3.05) is 23.0 Å². The van der Waals surface area contributed by atoms with Crippen LogP contribution in [-0.4, -0.2) is 79.7 Å². The van der Waals surface area contributed by atoms with Crippen molar-refractivity contribution in [2.45, 2.75) is 14.7 Å². The molecule has 0 atom stereocenters. The second kappa shape index (κ2) is 12.0. The summed E-state index contributed by atoms with van der Waals surface area (Å²) >= 11 is 5.98. The molecule has 0 aliphatic rings. The Balaban J connectivity index is 1.64. The molecular weight excluding hydrogens is 694 g/mol.